The number of rotatable bonds is 5. The van der Waals surface area contributed by atoms with Gasteiger partial charge in [0.05, 0.1) is 11.0 Å². The molecule has 1 aromatic heterocycles. The molecular weight excluding hydrogens is 458 g/mol. The first kappa shape index (κ1) is 24.9. The summed E-state index contributed by atoms with van der Waals surface area (Å²) in [5.41, 5.74) is 7.90. The number of hydrogen-bond acceptors (Lipinski definition) is 5. The van der Waals surface area contributed by atoms with Gasteiger partial charge in [0.1, 0.15) is 5.82 Å². The summed E-state index contributed by atoms with van der Waals surface area (Å²) in [6.45, 7) is 13.0. The maximum absolute atomic E-state index is 5.65. The van der Waals surface area contributed by atoms with Gasteiger partial charge in [-0.15, -0.1) is 0 Å². The highest BCUT2D eigenvalue weighted by atomic mass is 16.5. The molecule has 3 fully saturated rings. The number of ether oxygens (including phenoxy) is 1. The molecule has 0 unspecified atom stereocenters. The molecule has 0 spiro atoms. The van der Waals surface area contributed by atoms with E-state index in [9.17, 15) is 0 Å². The predicted octanol–water partition coefficient (Wildman–Crippen LogP) is 5.13. The van der Waals surface area contributed by atoms with Gasteiger partial charge in [0.2, 0.25) is 0 Å². The smallest absolute Gasteiger partial charge is 0.112 e. The average Bonchev–Trinajstić information content (AvgIpc) is 3.30. The number of benzene rings is 2. The molecule has 0 atom stereocenters. The van der Waals surface area contributed by atoms with Gasteiger partial charge in [0.25, 0.3) is 0 Å². The summed E-state index contributed by atoms with van der Waals surface area (Å²) in [5, 5.41) is 3.55. The summed E-state index contributed by atoms with van der Waals surface area (Å²) in [5.74, 6) is 2.30. The number of imidazole rings is 1. The molecule has 198 valence electrons. The maximum atomic E-state index is 5.65. The number of hydrogen-bond donors (Lipinski definition) is 1. The van der Waals surface area contributed by atoms with E-state index in [1.807, 2.05) is 0 Å². The van der Waals surface area contributed by atoms with E-state index in [0.29, 0.717) is 17.9 Å². The first-order valence-corrected chi connectivity index (χ1v) is 14.5. The zero-order valence-electron chi connectivity index (χ0n) is 22.9. The highest BCUT2D eigenvalue weighted by Gasteiger charge is 2.26. The van der Waals surface area contributed by atoms with Gasteiger partial charge in [-0.1, -0.05) is 12.1 Å². The van der Waals surface area contributed by atoms with Crippen LogP contribution in [-0.2, 0) is 11.8 Å². The van der Waals surface area contributed by atoms with Gasteiger partial charge in [-0.25, -0.2) is 4.98 Å². The highest BCUT2D eigenvalue weighted by molar-refractivity contribution is 5.87. The van der Waals surface area contributed by atoms with Crippen molar-refractivity contribution < 1.29 is 4.74 Å². The van der Waals surface area contributed by atoms with E-state index in [-0.39, 0.29) is 0 Å². The molecule has 3 aliphatic heterocycles. The first-order valence-electron chi connectivity index (χ1n) is 14.5. The largest absolute Gasteiger partial charge is 0.381 e. The third-order valence-electron chi connectivity index (χ3n) is 9.03. The SMILES string of the molecule is CC(C)N1CCN(c2ccc(-c3cc(C4CCNCC4)c4nc(C5CCOCC5)n(C)c4c3)cc2)CC1. The average molecular weight is 502 g/mol. The Hall–Kier alpha value is -2.41. The molecule has 6 rings (SSSR count). The van der Waals surface area contributed by atoms with Crippen LogP contribution in [0.15, 0.2) is 36.4 Å². The monoisotopic (exact) mass is 501 g/mol. The van der Waals surface area contributed by atoms with Gasteiger partial charge < -0.3 is 19.5 Å². The third kappa shape index (κ3) is 5.04. The lowest BCUT2D eigenvalue weighted by Gasteiger charge is -2.38. The van der Waals surface area contributed by atoms with Crippen molar-refractivity contribution in [2.75, 3.05) is 57.4 Å². The molecule has 0 aliphatic carbocycles. The van der Waals surface area contributed by atoms with E-state index in [4.69, 9.17) is 9.72 Å². The van der Waals surface area contributed by atoms with Crippen molar-refractivity contribution in [1.82, 2.24) is 19.8 Å². The second kappa shape index (κ2) is 10.8. The van der Waals surface area contributed by atoms with Crippen LogP contribution in [0.5, 0.6) is 0 Å². The van der Waals surface area contributed by atoms with Crippen LogP contribution < -0.4 is 10.2 Å². The van der Waals surface area contributed by atoms with Crippen LogP contribution in [0.3, 0.4) is 0 Å². The molecule has 3 saturated heterocycles. The van der Waals surface area contributed by atoms with Crippen molar-refractivity contribution in [2.24, 2.45) is 7.05 Å². The third-order valence-corrected chi connectivity index (χ3v) is 9.03. The van der Waals surface area contributed by atoms with Crippen LogP contribution in [-0.4, -0.2) is 73.0 Å². The lowest BCUT2D eigenvalue weighted by molar-refractivity contribution is 0.0831. The van der Waals surface area contributed by atoms with Gasteiger partial charge in [0.15, 0.2) is 0 Å². The van der Waals surface area contributed by atoms with E-state index >= 15 is 0 Å². The Morgan fingerprint density at radius 2 is 1.57 bits per heavy atom. The molecule has 6 heteroatoms. The van der Waals surface area contributed by atoms with Crippen molar-refractivity contribution in [3.8, 4) is 11.1 Å². The van der Waals surface area contributed by atoms with E-state index in [1.54, 1.807) is 0 Å². The Labute approximate surface area is 222 Å². The van der Waals surface area contributed by atoms with Crippen LogP contribution in [0.2, 0.25) is 0 Å². The van der Waals surface area contributed by atoms with Crippen molar-refractivity contribution in [2.45, 2.75) is 57.4 Å². The van der Waals surface area contributed by atoms with E-state index in [1.165, 1.54) is 52.1 Å². The summed E-state index contributed by atoms with van der Waals surface area (Å²) in [6.07, 6.45) is 4.51. The number of piperazine rings is 1. The summed E-state index contributed by atoms with van der Waals surface area (Å²) in [6, 6.07) is 14.8. The summed E-state index contributed by atoms with van der Waals surface area (Å²) >= 11 is 0. The Morgan fingerprint density at radius 1 is 0.865 bits per heavy atom. The molecule has 0 radical (unpaired) electrons. The van der Waals surface area contributed by atoms with Crippen molar-refractivity contribution in [3.63, 3.8) is 0 Å². The van der Waals surface area contributed by atoms with Crippen molar-refractivity contribution in [3.05, 3.63) is 47.8 Å². The quantitative estimate of drug-likeness (QED) is 0.525. The fraction of sp³-hybridized carbons (Fsp3) is 0.581. The standard InChI is InChI=1S/C31H43N5O/c1-22(2)35-14-16-36(17-15-35)27-6-4-23(5-7-27)26-20-28(24-8-12-32-13-9-24)30-29(21-26)34(3)31(33-30)25-10-18-37-19-11-25/h4-7,20-22,24-25,32H,8-19H2,1-3H3. The molecule has 37 heavy (non-hydrogen) atoms. The zero-order valence-corrected chi connectivity index (χ0v) is 22.9. The Balaban J connectivity index is 1.33. The van der Waals surface area contributed by atoms with E-state index in [2.05, 4.69) is 77.0 Å². The molecule has 3 aliphatic rings. The molecule has 0 amide bonds. The summed E-state index contributed by atoms with van der Waals surface area (Å²) in [4.78, 5) is 10.4. The molecule has 1 N–H and O–H groups in total. The van der Waals surface area contributed by atoms with Crippen LogP contribution >= 0.6 is 0 Å². The van der Waals surface area contributed by atoms with Gasteiger partial charge in [0, 0.05) is 64.1 Å². The maximum Gasteiger partial charge on any atom is 0.112 e. The minimum Gasteiger partial charge on any atom is -0.381 e. The molecule has 0 bridgehead atoms. The zero-order chi connectivity index (χ0) is 25.4. The fourth-order valence-corrected chi connectivity index (χ4v) is 6.62. The Bertz CT molecular complexity index is 1200. The number of nitrogens with one attached hydrogen (secondary N) is 1. The van der Waals surface area contributed by atoms with Crippen molar-refractivity contribution in [1.29, 1.82) is 0 Å². The lowest BCUT2D eigenvalue weighted by Crippen LogP contribution is -2.48. The Morgan fingerprint density at radius 3 is 2.24 bits per heavy atom. The normalized spacial score (nSPS) is 20.8. The van der Waals surface area contributed by atoms with Crippen molar-refractivity contribution >= 4 is 16.7 Å². The number of nitrogens with zero attached hydrogens (tertiary/aromatic N) is 4. The minimum absolute atomic E-state index is 0.492. The van der Waals surface area contributed by atoms with Crippen LogP contribution in [0, 0.1) is 0 Å². The van der Waals surface area contributed by atoms with Crippen LogP contribution in [0.4, 0.5) is 5.69 Å². The van der Waals surface area contributed by atoms with Crippen LogP contribution in [0.25, 0.3) is 22.2 Å². The fourth-order valence-electron chi connectivity index (χ4n) is 6.62. The molecular formula is C31H43N5O. The van der Waals surface area contributed by atoms with Gasteiger partial charge in [-0.05, 0) is 99.5 Å². The lowest BCUT2D eigenvalue weighted by atomic mass is 9.87. The first-order chi connectivity index (χ1) is 18.1. The second-order valence-electron chi connectivity index (χ2n) is 11.5. The second-order valence-corrected chi connectivity index (χ2v) is 11.5. The summed E-state index contributed by atoms with van der Waals surface area (Å²) < 4.78 is 8.03. The molecule has 0 saturated carbocycles. The molecule has 3 aromatic rings. The van der Waals surface area contributed by atoms with E-state index < -0.39 is 0 Å². The summed E-state index contributed by atoms with van der Waals surface area (Å²) in [7, 11) is 2.22. The van der Waals surface area contributed by atoms with E-state index in [0.717, 1.165) is 65.3 Å². The molecule has 2 aromatic carbocycles. The number of aryl methyl sites for hydroxylation is 1. The predicted molar refractivity (Wildman–Crippen MR) is 153 cm³/mol. The van der Waals surface area contributed by atoms with Gasteiger partial charge in [-0.3, -0.25) is 4.90 Å². The number of aromatic nitrogens is 2. The van der Waals surface area contributed by atoms with Crippen LogP contribution in [0.1, 0.15) is 62.8 Å². The van der Waals surface area contributed by atoms with Gasteiger partial charge in [-0.2, -0.15) is 0 Å². The highest BCUT2D eigenvalue weighted by Crippen LogP contribution is 2.38. The number of fused-ring (bicyclic) bond motifs is 1. The topological polar surface area (TPSA) is 45.6 Å². The number of piperidine rings is 1. The Kier molecular flexibility index (Phi) is 7.24. The molecule has 6 nitrogen and oxygen atoms in total. The van der Waals surface area contributed by atoms with Gasteiger partial charge >= 0.3 is 0 Å². The molecule has 4 heterocycles. The minimum atomic E-state index is 0.492. The number of anilines is 1.